The SMILES string of the molecule is COc1ccc([C@H](NC(=O)[C@H](Cc2cccc(F)c2)NC(=O)C(F)(F)c2cccc(Cl)c2)C(=O)C[C@H](C(=O)C(F)(F)F)C(C)C)cc1. The number of amides is 2. The molecule has 0 aromatic heterocycles. The molecule has 3 atom stereocenters. The quantitative estimate of drug-likeness (QED) is 0.188. The second kappa shape index (κ2) is 15.5. The molecule has 3 rings (SSSR count). The predicted octanol–water partition coefficient (Wildman–Crippen LogP) is 6.53. The van der Waals surface area contributed by atoms with Crippen molar-refractivity contribution in [1.29, 1.82) is 0 Å². The van der Waals surface area contributed by atoms with Gasteiger partial charge >= 0.3 is 12.1 Å². The molecule has 0 bridgehead atoms. The zero-order valence-electron chi connectivity index (χ0n) is 25.3. The highest BCUT2D eigenvalue weighted by Gasteiger charge is 2.46. The van der Waals surface area contributed by atoms with E-state index in [1.165, 1.54) is 69.5 Å². The van der Waals surface area contributed by atoms with Gasteiger partial charge in [-0.1, -0.05) is 61.8 Å². The molecule has 3 aromatic carbocycles. The Kier molecular flexibility index (Phi) is 12.2. The molecule has 47 heavy (non-hydrogen) atoms. The third-order valence-electron chi connectivity index (χ3n) is 7.32. The molecular formula is C33H31ClF6N2O5. The van der Waals surface area contributed by atoms with Gasteiger partial charge in [0.05, 0.1) is 7.11 Å². The first-order valence-electron chi connectivity index (χ1n) is 14.2. The maximum absolute atomic E-state index is 15.2. The second-order valence-corrected chi connectivity index (χ2v) is 11.5. The molecule has 0 fully saturated rings. The molecule has 3 aromatic rings. The summed E-state index contributed by atoms with van der Waals surface area (Å²) in [5.74, 6) is -13.5. The number of alkyl halides is 5. The fraction of sp³-hybridized carbons (Fsp3) is 0.333. The van der Waals surface area contributed by atoms with E-state index in [2.05, 4.69) is 5.32 Å². The van der Waals surface area contributed by atoms with Gasteiger partial charge in [-0.15, -0.1) is 0 Å². The van der Waals surface area contributed by atoms with E-state index in [0.717, 1.165) is 24.3 Å². The Hall–Kier alpha value is -4.39. The molecule has 0 aliphatic rings. The summed E-state index contributed by atoms with van der Waals surface area (Å²) in [6.45, 7) is 2.65. The molecule has 0 heterocycles. The van der Waals surface area contributed by atoms with Crippen LogP contribution in [0.15, 0.2) is 72.8 Å². The van der Waals surface area contributed by atoms with Gasteiger partial charge in [-0.25, -0.2) is 4.39 Å². The lowest BCUT2D eigenvalue weighted by Gasteiger charge is -2.27. The number of Topliss-reactive ketones (excluding diaryl/α,β-unsaturated/α-hetero) is 2. The molecule has 0 aliphatic carbocycles. The summed E-state index contributed by atoms with van der Waals surface area (Å²) in [6, 6.07) is 11.0. The van der Waals surface area contributed by atoms with Crippen LogP contribution in [0.5, 0.6) is 5.75 Å². The van der Waals surface area contributed by atoms with E-state index in [0.29, 0.717) is 5.75 Å². The number of hydrogen-bond donors (Lipinski definition) is 2. The van der Waals surface area contributed by atoms with Gasteiger partial charge < -0.3 is 15.4 Å². The zero-order valence-corrected chi connectivity index (χ0v) is 26.1. The van der Waals surface area contributed by atoms with Crippen molar-refractivity contribution in [2.45, 2.75) is 50.9 Å². The summed E-state index contributed by atoms with van der Waals surface area (Å²) in [5, 5.41) is 4.20. The van der Waals surface area contributed by atoms with Gasteiger partial charge in [-0.2, -0.15) is 22.0 Å². The minimum Gasteiger partial charge on any atom is -0.497 e. The number of rotatable bonds is 14. The van der Waals surface area contributed by atoms with E-state index in [1.807, 2.05) is 5.32 Å². The monoisotopic (exact) mass is 684 g/mol. The zero-order chi connectivity index (χ0) is 35.1. The Balaban J connectivity index is 2.00. The van der Waals surface area contributed by atoms with Gasteiger partial charge in [0.2, 0.25) is 11.7 Å². The number of benzene rings is 3. The van der Waals surface area contributed by atoms with Crippen LogP contribution in [0.2, 0.25) is 5.02 Å². The van der Waals surface area contributed by atoms with Crippen molar-refractivity contribution < 1.29 is 50.3 Å². The highest BCUT2D eigenvalue weighted by molar-refractivity contribution is 6.30. The number of ketones is 2. The topological polar surface area (TPSA) is 102 Å². The van der Waals surface area contributed by atoms with Crippen LogP contribution < -0.4 is 15.4 Å². The molecule has 2 amide bonds. The number of carbonyl (C=O) groups is 4. The Morgan fingerprint density at radius 3 is 2.06 bits per heavy atom. The van der Waals surface area contributed by atoms with Gasteiger partial charge in [0, 0.05) is 29.3 Å². The van der Waals surface area contributed by atoms with Crippen LogP contribution in [0.4, 0.5) is 26.3 Å². The number of hydrogen-bond acceptors (Lipinski definition) is 5. The van der Waals surface area contributed by atoms with Gasteiger partial charge in [0.25, 0.3) is 5.91 Å². The van der Waals surface area contributed by atoms with Gasteiger partial charge in [0.15, 0.2) is 5.78 Å². The minimum atomic E-state index is -5.23. The minimum absolute atomic E-state index is 0.0613. The lowest BCUT2D eigenvalue weighted by molar-refractivity contribution is -0.177. The highest BCUT2D eigenvalue weighted by Crippen LogP contribution is 2.32. The molecule has 0 saturated heterocycles. The molecule has 0 aliphatic heterocycles. The Morgan fingerprint density at radius 1 is 0.872 bits per heavy atom. The van der Waals surface area contributed by atoms with Crippen molar-refractivity contribution in [3.63, 3.8) is 0 Å². The first-order chi connectivity index (χ1) is 21.9. The van der Waals surface area contributed by atoms with Crippen molar-refractivity contribution in [2.24, 2.45) is 11.8 Å². The van der Waals surface area contributed by atoms with E-state index < -0.39 is 83.6 Å². The molecular weight excluding hydrogens is 654 g/mol. The fourth-order valence-corrected chi connectivity index (χ4v) is 4.93. The number of halogens is 7. The van der Waals surface area contributed by atoms with Gasteiger partial charge in [0.1, 0.15) is 23.7 Å². The normalized spacial score (nSPS) is 13.8. The van der Waals surface area contributed by atoms with Crippen molar-refractivity contribution in [1.82, 2.24) is 10.6 Å². The maximum atomic E-state index is 15.2. The third kappa shape index (κ3) is 9.80. The van der Waals surface area contributed by atoms with Crippen molar-refractivity contribution in [3.05, 3.63) is 100 Å². The summed E-state index contributed by atoms with van der Waals surface area (Å²) in [6.07, 6.45) is -6.69. The fourth-order valence-electron chi connectivity index (χ4n) is 4.74. The van der Waals surface area contributed by atoms with E-state index in [9.17, 15) is 36.7 Å². The summed E-state index contributed by atoms with van der Waals surface area (Å²) in [7, 11) is 1.36. The lowest BCUT2D eigenvalue weighted by atomic mass is 9.84. The summed E-state index contributed by atoms with van der Waals surface area (Å²) < 4.78 is 89.6. The van der Waals surface area contributed by atoms with Crippen LogP contribution in [0.3, 0.4) is 0 Å². The largest absolute Gasteiger partial charge is 0.497 e. The van der Waals surface area contributed by atoms with Crippen LogP contribution in [0.25, 0.3) is 0 Å². The average Bonchev–Trinajstić information content (AvgIpc) is 3.01. The van der Waals surface area contributed by atoms with Crippen molar-refractivity contribution in [2.75, 3.05) is 7.11 Å². The summed E-state index contributed by atoms with van der Waals surface area (Å²) in [5.41, 5.74) is -0.613. The highest BCUT2D eigenvalue weighted by atomic mass is 35.5. The first kappa shape index (κ1) is 37.1. The molecule has 14 heteroatoms. The van der Waals surface area contributed by atoms with Crippen LogP contribution in [0.1, 0.15) is 43.0 Å². The summed E-state index contributed by atoms with van der Waals surface area (Å²) in [4.78, 5) is 52.3. The predicted molar refractivity (Wildman–Crippen MR) is 160 cm³/mol. The molecule has 7 nitrogen and oxygen atoms in total. The van der Waals surface area contributed by atoms with Crippen LogP contribution >= 0.6 is 11.6 Å². The number of carbonyl (C=O) groups excluding carboxylic acids is 4. The maximum Gasteiger partial charge on any atom is 0.450 e. The number of ether oxygens (including phenoxy) is 1. The first-order valence-corrected chi connectivity index (χ1v) is 14.6. The standard InChI is InChI=1S/C33H31ClF6N2O5/c1-18(2)25(29(44)33(38,39)40)17-27(43)28(20-10-12-24(47-3)13-11-20)42-30(45)26(15-19-6-4-9-23(35)14-19)41-31(46)32(36,37)21-7-5-8-22(34)16-21/h4-14,16,18,25-26,28H,15,17H2,1-3H3,(H,41,46)(H,42,45)/t25-,26-,28-/m0/s1. The molecule has 0 unspecified atom stereocenters. The van der Waals surface area contributed by atoms with E-state index in [-0.39, 0.29) is 16.1 Å². The smallest absolute Gasteiger partial charge is 0.450 e. The van der Waals surface area contributed by atoms with Gasteiger partial charge in [-0.3, -0.25) is 19.2 Å². The Labute approximate surface area is 271 Å². The third-order valence-corrected chi connectivity index (χ3v) is 7.56. The average molecular weight is 685 g/mol. The molecule has 0 radical (unpaired) electrons. The number of nitrogens with one attached hydrogen (secondary N) is 2. The molecule has 2 N–H and O–H groups in total. The van der Waals surface area contributed by atoms with Crippen molar-refractivity contribution in [3.8, 4) is 5.75 Å². The molecule has 252 valence electrons. The van der Waals surface area contributed by atoms with Crippen LogP contribution in [-0.2, 0) is 31.5 Å². The second-order valence-electron chi connectivity index (χ2n) is 11.0. The number of methoxy groups -OCH3 is 1. The summed E-state index contributed by atoms with van der Waals surface area (Å²) >= 11 is 5.81. The van der Waals surface area contributed by atoms with E-state index >= 15 is 8.78 Å². The van der Waals surface area contributed by atoms with Crippen molar-refractivity contribution >= 4 is 35.0 Å². The van der Waals surface area contributed by atoms with Crippen LogP contribution in [-0.4, -0.2) is 42.7 Å². The molecule has 0 saturated carbocycles. The van der Waals surface area contributed by atoms with E-state index in [4.69, 9.17) is 16.3 Å². The lowest BCUT2D eigenvalue weighted by Crippen LogP contribution is -2.53. The van der Waals surface area contributed by atoms with Crippen LogP contribution in [0, 0.1) is 17.7 Å². The van der Waals surface area contributed by atoms with Gasteiger partial charge in [-0.05, 0) is 53.4 Å². The Morgan fingerprint density at radius 2 is 1.51 bits per heavy atom. The Bertz CT molecular complexity index is 1600. The van der Waals surface area contributed by atoms with E-state index in [1.54, 1.807) is 0 Å². The molecule has 0 spiro atoms.